The number of nitrogens with zero attached hydrogens (tertiary/aromatic N) is 2. The van der Waals surface area contributed by atoms with Gasteiger partial charge in [0.1, 0.15) is 0 Å². The SMILES string of the molecule is COCCn1ncc(Cl)c1C1CCCCCC1Cl. The number of alkyl halides is 1. The fraction of sp³-hybridized carbons (Fsp3) is 0.769. The molecule has 0 N–H and O–H groups in total. The topological polar surface area (TPSA) is 27.1 Å². The third-order valence-corrected chi connectivity index (χ3v) is 4.44. The molecule has 0 aromatic carbocycles. The Labute approximate surface area is 118 Å². The van der Waals surface area contributed by atoms with Crippen LogP contribution in [0.3, 0.4) is 0 Å². The Bertz CT molecular complexity index is 381. The van der Waals surface area contributed by atoms with Crippen molar-refractivity contribution in [2.75, 3.05) is 13.7 Å². The summed E-state index contributed by atoms with van der Waals surface area (Å²) in [5.74, 6) is 0.320. The first kappa shape index (κ1) is 14.2. The Morgan fingerprint density at radius 2 is 2.17 bits per heavy atom. The van der Waals surface area contributed by atoms with Crippen molar-refractivity contribution in [3.8, 4) is 0 Å². The minimum absolute atomic E-state index is 0.169. The van der Waals surface area contributed by atoms with Gasteiger partial charge in [-0.1, -0.05) is 30.9 Å². The average molecular weight is 291 g/mol. The van der Waals surface area contributed by atoms with Crippen molar-refractivity contribution in [1.29, 1.82) is 0 Å². The van der Waals surface area contributed by atoms with Crippen LogP contribution in [0.15, 0.2) is 6.20 Å². The lowest BCUT2D eigenvalue weighted by molar-refractivity contribution is 0.182. The van der Waals surface area contributed by atoms with E-state index in [0.29, 0.717) is 12.5 Å². The lowest BCUT2D eigenvalue weighted by Gasteiger charge is -2.21. The van der Waals surface area contributed by atoms with E-state index in [1.54, 1.807) is 13.3 Å². The van der Waals surface area contributed by atoms with Crippen molar-refractivity contribution in [1.82, 2.24) is 9.78 Å². The number of hydrogen-bond donors (Lipinski definition) is 0. The molecule has 2 unspecified atom stereocenters. The summed E-state index contributed by atoms with van der Waals surface area (Å²) in [5, 5.41) is 5.25. The van der Waals surface area contributed by atoms with Crippen molar-refractivity contribution in [3.05, 3.63) is 16.9 Å². The van der Waals surface area contributed by atoms with Crippen LogP contribution in [0, 0.1) is 0 Å². The van der Waals surface area contributed by atoms with E-state index in [9.17, 15) is 0 Å². The van der Waals surface area contributed by atoms with E-state index in [1.165, 1.54) is 19.3 Å². The smallest absolute Gasteiger partial charge is 0.0821 e. The van der Waals surface area contributed by atoms with E-state index < -0.39 is 0 Å². The third-order valence-electron chi connectivity index (χ3n) is 3.62. The van der Waals surface area contributed by atoms with Crippen molar-refractivity contribution in [2.45, 2.75) is 49.9 Å². The summed E-state index contributed by atoms with van der Waals surface area (Å²) in [4.78, 5) is 0. The molecule has 0 saturated heterocycles. The number of methoxy groups -OCH3 is 1. The van der Waals surface area contributed by atoms with Crippen molar-refractivity contribution in [3.63, 3.8) is 0 Å². The summed E-state index contributed by atoms with van der Waals surface area (Å²) in [6, 6.07) is 0. The molecule has 0 spiro atoms. The van der Waals surface area contributed by atoms with Gasteiger partial charge in [-0.15, -0.1) is 11.6 Å². The molecule has 1 fully saturated rings. The van der Waals surface area contributed by atoms with E-state index in [0.717, 1.165) is 30.1 Å². The molecule has 1 heterocycles. The fourth-order valence-electron chi connectivity index (χ4n) is 2.67. The molecular weight excluding hydrogens is 271 g/mol. The van der Waals surface area contributed by atoms with Gasteiger partial charge in [0.05, 0.1) is 30.1 Å². The van der Waals surface area contributed by atoms with Crippen molar-refractivity contribution < 1.29 is 4.74 Å². The number of halogens is 2. The standard InChI is InChI=1S/C13H20Cl2N2O/c1-18-8-7-17-13(12(15)9-16-17)10-5-3-2-4-6-11(10)14/h9-11H,2-8H2,1H3. The molecule has 2 atom stereocenters. The molecule has 1 aliphatic carbocycles. The van der Waals surface area contributed by atoms with Gasteiger partial charge >= 0.3 is 0 Å². The molecule has 5 heteroatoms. The van der Waals surface area contributed by atoms with Gasteiger partial charge in [0.15, 0.2) is 0 Å². The molecule has 2 rings (SSSR count). The molecule has 0 bridgehead atoms. The lowest BCUT2D eigenvalue weighted by atomic mass is 9.96. The predicted octanol–water partition coefficient (Wildman–Crippen LogP) is 3.84. The van der Waals surface area contributed by atoms with Crippen LogP contribution in [0.5, 0.6) is 0 Å². The third kappa shape index (κ3) is 3.19. The van der Waals surface area contributed by atoms with E-state index in [2.05, 4.69) is 5.10 Å². The second-order valence-corrected chi connectivity index (χ2v) is 5.82. The van der Waals surface area contributed by atoms with Gasteiger partial charge in [-0.3, -0.25) is 4.68 Å². The zero-order valence-electron chi connectivity index (χ0n) is 10.7. The average Bonchev–Trinajstić information content (AvgIpc) is 2.58. The molecule has 1 aromatic heterocycles. The first-order chi connectivity index (χ1) is 8.74. The Hall–Kier alpha value is -0.250. The summed E-state index contributed by atoms with van der Waals surface area (Å²) in [7, 11) is 1.70. The predicted molar refractivity (Wildman–Crippen MR) is 74.6 cm³/mol. The van der Waals surface area contributed by atoms with Gasteiger partial charge in [-0.05, 0) is 12.8 Å². The van der Waals surface area contributed by atoms with Gasteiger partial charge in [0.2, 0.25) is 0 Å². The van der Waals surface area contributed by atoms with Crippen LogP contribution in [-0.4, -0.2) is 28.9 Å². The molecule has 1 saturated carbocycles. The normalized spacial score (nSPS) is 25.1. The summed E-state index contributed by atoms with van der Waals surface area (Å²) in [6.45, 7) is 1.38. The Kier molecular flexibility index (Phi) is 5.34. The van der Waals surface area contributed by atoms with Gasteiger partial charge in [0, 0.05) is 18.4 Å². The molecule has 1 aliphatic rings. The first-order valence-electron chi connectivity index (χ1n) is 6.58. The number of ether oxygens (including phenoxy) is 1. The molecule has 1 aromatic rings. The summed E-state index contributed by atoms with van der Waals surface area (Å²) in [6.07, 6.45) is 7.60. The van der Waals surface area contributed by atoms with Crippen LogP contribution >= 0.6 is 23.2 Å². The second-order valence-electron chi connectivity index (χ2n) is 4.85. The highest BCUT2D eigenvalue weighted by Crippen LogP contribution is 2.38. The molecule has 18 heavy (non-hydrogen) atoms. The Morgan fingerprint density at radius 3 is 2.94 bits per heavy atom. The molecule has 102 valence electrons. The zero-order valence-corrected chi connectivity index (χ0v) is 12.3. The van der Waals surface area contributed by atoms with Gasteiger partial charge in [0.25, 0.3) is 0 Å². The summed E-state index contributed by atoms with van der Waals surface area (Å²) in [5.41, 5.74) is 1.09. The van der Waals surface area contributed by atoms with Gasteiger partial charge < -0.3 is 4.74 Å². The fourth-order valence-corrected chi connectivity index (χ4v) is 3.35. The van der Waals surface area contributed by atoms with Gasteiger partial charge in [-0.2, -0.15) is 5.10 Å². The first-order valence-corrected chi connectivity index (χ1v) is 7.39. The highest BCUT2D eigenvalue weighted by Gasteiger charge is 2.28. The van der Waals surface area contributed by atoms with Crippen LogP contribution < -0.4 is 0 Å². The number of rotatable bonds is 4. The zero-order chi connectivity index (χ0) is 13.0. The number of hydrogen-bond acceptors (Lipinski definition) is 2. The minimum Gasteiger partial charge on any atom is -0.383 e. The molecule has 0 aliphatic heterocycles. The second kappa shape index (κ2) is 6.78. The Morgan fingerprint density at radius 1 is 1.39 bits per heavy atom. The van der Waals surface area contributed by atoms with Crippen LogP contribution in [0.2, 0.25) is 5.02 Å². The maximum atomic E-state index is 6.53. The van der Waals surface area contributed by atoms with E-state index in [1.807, 2.05) is 4.68 Å². The lowest BCUT2D eigenvalue weighted by Crippen LogP contribution is -2.18. The summed E-state index contributed by atoms with van der Waals surface area (Å²) < 4.78 is 7.07. The van der Waals surface area contributed by atoms with E-state index >= 15 is 0 Å². The van der Waals surface area contributed by atoms with Crippen molar-refractivity contribution >= 4 is 23.2 Å². The maximum absolute atomic E-state index is 6.53. The highest BCUT2D eigenvalue weighted by molar-refractivity contribution is 6.31. The van der Waals surface area contributed by atoms with Crippen LogP contribution in [0.25, 0.3) is 0 Å². The van der Waals surface area contributed by atoms with Crippen LogP contribution in [0.4, 0.5) is 0 Å². The van der Waals surface area contributed by atoms with Crippen molar-refractivity contribution in [2.24, 2.45) is 0 Å². The van der Waals surface area contributed by atoms with Gasteiger partial charge in [-0.25, -0.2) is 0 Å². The monoisotopic (exact) mass is 290 g/mol. The quantitative estimate of drug-likeness (QED) is 0.622. The number of aromatic nitrogens is 2. The Balaban J connectivity index is 2.21. The molecular formula is C13H20Cl2N2O. The molecule has 3 nitrogen and oxygen atoms in total. The van der Waals surface area contributed by atoms with E-state index in [4.69, 9.17) is 27.9 Å². The largest absolute Gasteiger partial charge is 0.383 e. The molecule has 0 amide bonds. The van der Waals surface area contributed by atoms with E-state index in [-0.39, 0.29) is 5.38 Å². The minimum atomic E-state index is 0.169. The summed E-state index contributed by atoms with van der Waals surface area (Å²) >= 11 is 12.8. The van der Waals surface area contributed by atoms with Crippen LogP contribution in [-0.2, 0) is 11.3 Å². The highest BCUT2D eigenvalue weighted by atomic mass is 35.5. The maximum Gasteiger partial charge on any atom is 0.0821 e. The molecule has 0 radical (unpaired) electrons. The van der Waals surface area contributed by atoms with Crippen LogP contribution in [0.1, 0.15) is 43.7 Å².